The monoisotopic (exact) mass is 426 g/mol. The van der Waals surface area contributed by atoms with Gasteiger partial charge in [-0.25, -0.2) is 8.42 Å². The number of carbonyl (C=O) groups is 1. The largest absolute Gasteiger partial charge is 0.468 e. The van der Waals surface area contributed by atoms with E-state index in [1.165, 1.54) is 41.9 Å². The number of hydrogen-bond acceptors (Lipinski definition) is 5. The smallest absolute Gasteiger partial charge is 0.255 e. The lowest BCUT2D eigenvalue weighted by Crippen LogP contribution is -2.26. The third-order valence-corrected chi connectivity index (χ3v) is 7.21. The van der Waals surface area contributed by atoms with Crippen molar-refractivity contribution in [2.24, 2.45) is 0 Å². The zero-order chi connectivity index (χ0) is 20.4. The van der Waals surface area contributed by atoms with Crippen LogP contribution < -0.4 is 5.32 Å². The van der Waals surface area contributed by atoms with Gasteiger partial charge in [-0.05, 0) is 71.4 Å². The van der Waals surface area contributed by atoms with Gasteiger partial charge in [0.15, 0.2) is 0 Å². The van der Waals surface area contributed by atoms with Crippen LogP contribution >= 0.6 is 11.3 Å². The number of amides is 1. The quantitative estimate of drug-likeness (QED) is 0.490. The molecule has 0 unspecified atom stereocenters. The Morgan fingerprint density at radius 3 is 2.62 bits per heavy atom. The summed E-state index contributed by atoms with van der Waals surface area (Å²) in [7, 11) is -2.21. The fourth-order valence-corrected chi connectivity index (χ4v) is 4.82. The molecule has 0 aliphatic carbocycles. The van der Waals surface area contributed by atoms with Gasteiger partial charge in [-0.15, -0.1) is 11.3 Å². The van der Waals surface area contributed by atoms with Crippen LogP contribution in [0.25, 0.3) is 10.1 Å². The molecule has 2 aromatic carbocycles. The van der Waals surface area contributed by atoms with Gasteiger partial charge in [-0.2, -0.15) is 4.31 Å². The number of benzene rings is 2. The maximum atomic E-state index is 12.7. The van der Waals surface area contributed by atoms with Crippen molar-refractivity contribution in [2.75, 3.05) is 12.4 Å². The number of fused-ring (bicyclic) bond motifs is 1. The molecule has 2 heterocycles. The number of nitrogens with one attached hydrogen (secondary N) is 1. The molecular formula is C21H18N2O4S2. The Bertz CT molecular complexity index is 1240. The molecule has 4 aromatic rings. The minimum atomic E-state index is -3.69. The maximum Gasteiger partial charge on any atom is 0.255 e. The Labute approximate surface area is 172 Å². The van der Waals surface area contributed by atoms with Gasteiger partial charge in [-0.1, -0.05) is 0 Å². The van der Waals surface area contributed by atoms with E-state index in [4.69, 9.17) is 4.42 Å². The van der Waals surface area contributed by atoms with Crippen molar-refractivity contribution < 1.29 is 17.6 Å². The van der Waals surface area contributed by atoms with Crippen LogP contribution in [-0.2, 0) is 16.6 Å². The normalized spacial score (nSPS) is 11.8. The van der Waals surface area contributed by atoms with Crippen LogP contribution in [0.15, 0.2) is 81.6 Å². The van der Waals surface area contributed by atoms with Gasteiger partial charge >= 0.3 is 0 Å². The first kappa shape index (κ1) is 19.4. The Morgan fingerprint density at radius 1 is 1.10 bits per heavy atom. The molecule has 2 aromatic heterocycles. The molecular weight excluding hydrogens is 408 g/mol. The summed E-state index contributed by atoms with van der Waals surface area (Å²) in [6, 6.07) is 17.0. The topological polar surface area (TPSA) is 79.6 Å². The van der Waals surface area contributed by atoms with Crippen LogP contribution in [0.3, 0.4) is 0 Å². The van der Waals surface area contributed by atoms with Crippen molar-refractivity contribution in [3.63, 3.8) is 0 Å². The van der Waals surface area contributed by atoms with E-state index in [0.29, 0.717) is 17.0 Å². The maximum absolute atomic E-state index is 12.7. The van der Waals surface area contributed by atoms with E-state index in [-0.39, 0.29) is 17.3 Å². The van der Waals surface area contributed by atoms with E-state index in [9.17, 15) is 13.2 Å². The molecule has 0 saturated heterocycles. The molecule has 1 N–H and O–H groups in total. The summed E-state index contributed by atoms with van der Waals surface area (Å²) in [5, 5.41) is 5.91. The van der Waals surface area contributed by atoms with Crippen molar-refractivity contribution in [3.8, 4) is 0 Å². The van der Waals surface area contributed by atoms with Crippen molar-refractivity contribution in [2.45, 2.75) is 11.4 Å². The Balaban J connectivity index is 1.48. The molecule has 0 aliphatic heterocycles. The van der Waals surface area contributed by atoms with Crippen LogP contribution in [0.4, 0.5) is 5.69 Å². The molecule has 1 amide bonds. The number of anilines is 1. The number of sulfonamides is 1. The average molecular weight is 427 g/mol. The van der Waals surface area contributed by atoms with Crippen LogP contribution in [0, 0.1) is 0 Å². The number of furan rings is 1. The number of carbonyl (C=O) groups excluding carboxylic acids is 1. The Kier molecular flexibility index (Phi) is 5.23. The number of nitrogens with zero attached hydrogens (tertiary/aromatic N) is 1. The third-order valence-electron chi connectivity index (χ3n) is 4.49. The van der Waals surface area contributed by atoms with Crippen molar-refractivity contribution in [1.82, 2.24) is 4.31 Å². The molecule has 0 aliphatic rings. The number of thiophene rings is 1. The summed E-state index contributed by atoms with van der Waals surface area (Å²) in [6.45, 7) is 0.128. The Morgan fingerprint density at radius 2 is 1.90 bits per heavy atom. The summed E-state index contributed by atoms with van der Waals surface area (Å²) in [5.41, 5.74) is 1.07. The SMILES string of the molecule is CN(Cc1ccco1)S(=O)(=O)c1ccc(C(=O)Nc2ccc3sccc3c2)cc1. The molecule has 29 heavy (non-hydrogen) atoms. The van der Waals surface area contributed by atoms with Gasteiger partial charge in [0.1, 0.15) is 5.76 Å². The summed E-state index contributed by atoms with van der Waals surface area (Å²) in [5.74, 6) is 0.252. The van der Waals surface area contributed by atoms with Gasteiger partial charge in [0, 0.05) is 23.0 Å². The molecule has 4 rings (SSSR count). The number of rotatable bonds is 6. The van der Waals surface area contributed by atoms with E-state index in [0.717, 1.165) is 10.1 Å². The minimum absolute atomic E-state index is 0.114. The van der Waals surface area contributed by atoms with Crippen LogP contribution in [0.1, 0.15) is 16.1 Å². The minimum Gasteiger partial charge on any atom is -0.468 e. The van der Waals surface area contributed by atoms with E-state index in [1.807, 2.05) is 29.6 Å². The number of hydrogen-bond donors (Lipinski definition) is 1. The highest BCUT2D eigenvalue weighted by atomic mass is 32.2. The summed E-state index contributed by atoms with van der Waals surface area (Å²) >= 11 is 1.64. The predicted molar refractivity (Wildman–Crippen MR) is 114 cm³/mol. The highest BCUT2D eigenvalue weighted by Gasteiger charge is 2.22. The first-order valence-electron chi connectivity index (χ1n) is 8.81. The second-order valence-electron chi connectivity index (χ2n) is 6.49. The molecule has 0 fully saturated rings. The molecule has 0 radical (unpaired) electrons. The average Bonchev–Trinajstić information content (AvgIpc) is 3.39. The third kappa shape index (κ3) is 4.09. The molecule has 148 valence electrons. The van der Waals surface area contributed by atoms with E-state index >= 15 is 0 Å². The summed E-state index contributed by atoms with van der Waals surface area (Å²) in [4.78, 5) is 12.6. The van der Waals surface area contributed by atoms with Crippen LogP contribution in [0.2, 0.25) is 0 Å². The highest BCUT2D eigenvalue weighted by Crippen LogP contribution is 2.24. The van der Waals surface area contributed by atoms with Gasteiger partial charge < -0.3 is 9.73 Å². The van der Waals surface area contributed by atoms with Crippen LogP contribution in [0.5, 0.6) is 0 Å². The van der Waals surface area contributed by atoms with Crippen molar-refractivity contribution >= 4 is 43.0 Å². The molecule has 6 nitrogen and oxygen atoms in total. The van der Waals surface area contributed by atoms with E-state index in [2.05, 4.69) is 5.32 Å². The van der Waals surface area contributed by atoms with Crippen LogP contribution in [-0.4, -0.2) is 25.7 Å². The fraction of sp³-hybridized carbons (Fsp3) is 0.0952. The first-order valence-corrected chi connectivity index (χ1v) is 11.1. The lowest BCUT2D eigenvalue weighted by molar-refractivity contribution is 0.102. The zero-order valence-corrected chi connectivity index (χ0v) is 17.2. The molecule has 0 bridgehead atoms. The van der Waals surface area contributed by atoms with Gasteiger partial charge in [0.05, 0.1) is 17.7 Å². The fourth-order valence-electron chi connectivity index (χ4n) is 2.91. The van der Waals surface area contributed by atoms with E-state index < -0.39 is 10.0 Å². The lowest BCUT2D eigenvalue weighted by Gasteiger charge is -2.16. The second kappa shape index (κ2) is 7.82. The predicted octanol–water partition coefficient (Wildman–Crippen LogP) is 4.57. The standard InChI is InChI=1S/C21H18N2O4S2/c1-23(14-18-3-2-11-27-18)29(25,26)19-7-4-15(5-8-19)21(24)22-17-6-9-20-16(13-17)10-12-28-20/h2-13H,14H2,1H3,(H,22,24). The molecule has 8 heteroatoms. The molecule has 0 saturated carbocycles. The van der Waals surface area contributed by atoms with Gasteiger partial charge in [0.2, 0.25) is 10.0 Å². The lowest BCUT2D eigenvalue weighted by atomic mass is 10.2. The van der Waals surface area contributed by atoms with Gasteiger partial charge in [-0.3, -0.25) is 4.79 Å². The van der Waals surface area contributed by atoms with Gasteiger partial charge in [0.25, 0.3) is 5.91 Å². The molecule has 0 atom stereocenters. The summed E-state index contributed by atoms with van der Waals surface area (Å²) < 4.78 is 33.0. The first-order chi connectivity index (χ1) is 13.9. The zero-order valence-electron chi connectivity index (χ0n) is 15.5. The van der Waals surface area contributed by atoms with Crippen molar-refractivity contribution in [3.05, 3.63) is 83.6 Å². The summed E-state index contributed by atoms with van der Waals surface area (Å²) in [6.07, 6.45) is 1.50. The Hall–Kier alpha value is -2.94. The van der Waals surface area contributed by atoms with E-state index in [1.54, 1.807) is 23.5 Å². The second-order valence-corrected chi connectivity index (χ2v) is 9.48. The highest BCUT2D eigenvalue weighted by molar-refractivity contribution is 7.89. The van der Waals surface area contributed by atoms with Crippen molar-refractivity contribution in [1.29, 1.82) is 0 Å². The molecule has 0 spiro atoms.